The van der Waals surface area contributed by atoms with Crippen LogP contribution in [-0.4, -0.2) is 74.3 Å². The Labute approximate surface area is 150 Å². The predicted molar refractivity (Wildman–Crippen MR) is 98.1 cm³/mol. The first-order chi connectivity index (χ1) is 12.2. The molecule has 2 fully saturated rings. The number of likely N-dealkylation sites (tertiary alicyclic amines) is 1. The van der Waals surface area contributed by atoms with Crippen LogP contribution < -0.4 is 10.1 Å². The lowest BCUT2D eigenvalue weighted by Crippen LogP contribution is -2.52. The van der Waals surface area contributed by atoms with Crippen LogP contribution in [0.1, 0.15) is 19.8 Å². The van der Waals surface area contributed by atoms with Gasteiger partial charge in [0.1, 0.15) is 5.75 Å². The normalized spacial score (nSPS) is 22.6. The van der Waals surface area contributed by atoms with E-state index in [0.717, 1.165) is 57.1 Å². The van der Waals surface area contributed by atoms with Crippen LogP contribution in [0, 0.1) is 0 Å². The molecule has 2 saturated heterocycles. The zero-order chi connectivity index (χ0) is 17.6. The van der Waals surface area contributed by atoms with Gasteiger partial charge in [0.15, 0.2) is 0 Å². The molecule has 1 aromatic carbocycles. The molecule has 0 bridgehead atoms. The van der Waals surface area contributed by atoms with Crippen molar-refractivity contribution >= 4 is 11.6 Å². The summed E-state index contributed by atoms with van der Waals surface area (Å²) in [6.07, 6.45) is 2.42. The number of para-hydroxylation sites is 2. The van der Waals surface area contributed by atoms with E-state index >= 15 is 0 Å². The van der Waals surface area contributed by atoms with Gasteiger partial charge in [0.05, 0.1) is 32.1 Å². The average Bonchev–Trinajstić information content (AvgIpc) is 2.66. The second-order valence-corrected chi connectivity index (χ2v) is 6.84. The topological polar surface area (TPSA) is 54.0 Å². The molecule has 2 aliphatic heterocycles. The first-order valence-electron chi connectivity index (χ1n) is 9.17. The Hall–Kier alpha value is -1.79. The molecule has 138 valence electrons. The number of ether oxygens (including phenoxy) is 2. The Morgan fingerprint density at radius 1 is 1.28 bits per heavy atom. The Balaban J connectivity index is 1.45. The number of hydrogen-bond acceptors (Lipinski definition) is 5. The van der Waals surface area contributed by atoms with Gasteiger partial charge < -0.3 is 19.7 Å². The molecule has 3 rings (SSSR count). The highest BCUT2D eigenvalue weighted by Crippen LogP contribution is 2.23. The van der Waals surface area contributed by atoms with Crippen LogP contribution in [0.25, 0.3) is 0 Å². The van der Waals surface area contributed by atoms with E-state index in [-0.39, 0.29) is 5.91 Å². The monoisotopic (exact) mass is 347 g/mol. The zero-order valence-corrected chi connectivity index (χ0v) is 15.2. The maximum Gasteiger partial charge on any atom is 0.241 e. The zero-order valence-electron chi connectivity index (χ0n) is 15.2. The second kappa shape index (κ2) is 8.54. The van der Waals surface area contributed by atoms with Crippen molar-refractivity contribution in [2.24, 2.45) is 0 Å². The van der Waals surface area contributed by atoms with Crippen molar-refractivity contribution in [1.82, 2.24) is 9.80 Å². The van der Waals surface area contributed by atoms with Crippen molar-refractivity contribution < 1.29 is 14.3 Å². The number of hydrogen-bond donors (Lipinski definition) is 1. The van der Waals surface area contributed by atoms with Gasteiger partial charge in [-0.25, -0.2) is 0 Å². The molecule has 1 N–H and O–H groups in total. The third kappa shape index (κ3) is 4.64. The molecule has 1 aromatic rings. The number of piperidine rings is 1. The van der Waals surface area contributed by atoms with Crippen LogP contribution >= 0.6 is 0 Å². The lowest BCUT2D eigenvalue weighted by atomic mass is 10.0. The third-order valence-electron chi connectivity index (χ3n) is 5.14. The number of nitrogens with one attached hydrogen (secondary N) is 1. The third-order valence-corrected chi connectivity index (χ3v) is 5.14. The number of nitrogens with zero attached hydrogens (tertiary/aromatic N) is 2. The van der Waals surface area contributed by atoms with Crippen LogP contribution in [0.5, 0.6) is 5.75 Å². The van der Waals surface area contributed by atoms with Gasteiger partial charge in [-0.05, 0) is 31.9 Å². The molecule has 2 heterocycles. The van der Waals surface area contributed by atoms with Gasteiger partial charge in [0.2, 0.25) is 5.91 Å². The van der Waals surface area contributed by atoms with Gasteiger partial charge >= 0.3 is 0 Å². The molecule has 6 nitrogen and oxygen atoms in total. The van der Waals surface area contributed by atoms with Gasteiger partial charge in [-0.2, -0.15) is 0 Å². The number of carbonyl (C=O) groups excluding carboxylic acids is 1. The number of anilines is 1. The van der Waals surface area contributed by atoms with Crippen LogP contribution in [0.4, 0.5) is 5.69 Å². The highest BCUT2D eigenvalue weighted by atomic mass is 16.5. The van der Waals surface area contributed by atoms with E-state index in [1.807, 2.05) is 29.2 Å². The first-order valence-corrected chi connectivity index (χ1v) is 9.17. The number of rotatable bonds is 5. The minimum atomic E-state index is 0.153. The smallest absolute Gasteiger partial charge is 0.241 e. The fraction of sp³-hybridized carbons (Fsp3) is 0.632. The number of morpholine rings is 1. The van der Waals surface area contributed by atoms with E-state index in [4.69, 9.17) is 9.47 Å². The van der Waals surface area contributed by atoms with Crippen molar-refractivity contribution in [1.29, 1.82) is 0 Å². The van der Waals surface area contributed by atoms with Crippen molar-refractivity contribution in [3.63, 3.8) is 0 Å². The molecule has 1 amide bonds. The summed E-state index contributed by atoms with van der Waals surface area (Å²) in [6.45, 7) is 6.95. The van der Waals surface area contributed by atoms with E-state index in [1.165, 1.54) is 0 Å². The highest BCUT2D eigenvalue weighted by molar-refractivity contribution is 5.81. The minimum absolute atomic E-state index is 0.153. The predicted octanol–water partition coefficient (Wildman–Crippen LogP) is 1.82. The van der Waals surface area contributed by atoms with Gasteiger partial charge in [-0.15, -0.1) is 0 Å². The van der Waals surface area contributed by atoms with Gasteiger partial charge in [-0.1, -0.05) is 12.1 Å². The lowest BCUT2D eigenvalue weighted by Gasteiger charge is -2.41. The molecule has 2 aliphatic rings. The summed E-state index contributed by atoms with van der Waals surface area (Å²) in [4.78, 5) is 17.0. The SMILES string of the molecule is COc1ccccc1NCC(=O)N1CCC(N2CCOC(C)C2)CC1. The summed E-state index contributed by atoms with van der Waals surface area (Å²) in [5, 5.41) is 3.20. The first kappa shape index (κ1) is 18.0. The Morgan fingerprint density at radius 2 is 2.04 bits per heavy atom. The molecular weight excluding hydrogens is 318 g/mol. The van der Waals surface area contributed by atoms with E-state index < -0.39 is 0 Å². The fourth-order valence-corrected chi connectivity index (χ4v) is 3.73. The molecule has 1 atom stereocenters. The Bertz CT molecular complexity index is 573. The van der Waals surface area contributed by atoms with Crippen LogP contribution in [0.2, 0.25) is 0 Å². The van der Waals surface area contributed by atoms with Gasteiger partial charge in [-0.3, -0.25) is 9.69 Å². The van der Waals surface area contributed by atoms with Crippen LogP contribution in [-0.2, 0) is 9.53 Å². The number of methoxy groups -OCH3 is 1. The summed E-state index contributed by atoms with van der Waals surface area (Å²) in [5.74, 6) is 0.912. The molecule has 6 heteroatoms. The van der Waals surface area contributed by atoms with Gasteiger partial charge in [0, 0.05) is 32.2 Å². The molecular formula is C19H29N3O3. The Morgan fingerprint density at radius 3 is 2.76 bits per heavy atom. The van der Waals surface area contributed by atoms with Crippen molar-refractivity contribution in [3.05, 3.63) is 24.3 Å². The average molecular weight is 347 g/mol. The fourth-order valence-electron chi connectivity index (χ4n) is 3.73. The molecule has 0 radical (unpaired) electrons. The number of benzene rings is 1. The maximum absolute atomic E-state index is 12.5. The molecule has 1 unspecified atom stereocenters. The molecule has 25 heavy (non-hydrogen) atoms. The summed E-state index contributed by atoms with van der Waals surface area (Å²) >= 11 is 0. The second-order valence-electron chi connectivity index (χ2n) is 6.84. The quantitative estimate of drug-likeness (QED) is 0.881. The van der Waals surface area contributed by atoms with E-state index in [2.05, 4.69) is 17.1 Å². The summed E-state index contributed by atoms with van der Waals surface area (Å²) in [7, 11) is 1.64. The van der Waals surface area contributed by atoms with Crippen LogP contribution in [0.3, 0.4) is 0 Å². The van der Waals surface area contributed by atoms with Crippen molar-refractivity contribution in [3.8, 4) is 5.75 Å². The highest BCUT2D eigenvalue weighted by Gasteiger charge is 2.29. The summed E-state index contributed by atoms with van der Waals surface area (Å²) in [6, 6.07) is 8.25. The standard InChI is InChI=1S/C19H29N3O3/c1-15-14-22(11-12-25-15)16-7-9-21(10-8-16)19(23)13-20-17-5-3-4-6-18(17)24-2/h3-6,15-16,20H,7-14H2,1-2H3. The maximum atomic E-state index is 12.5. The molecule has 0 saturated carbocycles. The van der Waals surface area contributed by atoms with E-state index in [1.54, 1.807) is 7.11 Å². The molecule has 0 aromatic heterocycles. The van der Waals surface area contributed by atoms with Crippen molar-refractivity contribution in [2.45, 2.75) is 31.9 Å². The lowest BCUT2D eigenvalue weighted by molar-refractivity contribution is -0.131. The minimum Gasteiger partial charge on any atom is -0.495 e. The molecule has 0 aliphatic carbocycles. The van der Waals surface area contributed by atoms with Gasteiger partial charge in [0.25, 0.3) is 0 Å². The van der Waals surface area contributed by atoms with E-state index in [0.29, 0.717) is 18.7 Å². The van der Waals surface area contributed by atoms with E-state index in [9.17, 15) is 4.79 Å². The summed E-state index contributed by atoms with van der Waals surface area (Å²) in [5.41, 5.74) is 0.857. The Kier molecular flexibility index (Phi) is 6.15. The largest absolute Gasteiger partial charge is 0.495 e. The summed E-state index contributed by atoms with van der Waals surface area (Å²) < 4.78 is 10.9. The molecule has 0 spiro atoms. The number of amides is 1. The number of carbonyl (C=O) groups is 1. The van der Waals surface area contributed by atoms with Crippen molar-refractivity contribution in [2.75, 3.05) is 51.8 Å². The van der Waals surface area contributed by atoms with Crippen LogP contribution in [0.15, 0.2) is 24.3 Å².